The third-order valence-corrected chi connectivity index (χ3v) is 5.96. The van der Waals surface area contributed by atoms with Crippen LogP contribution in [-0.2, 0) is 14.8 Å². The molecule has 0 fully saturated rings. The second-order valence-corrected chi connectivity index (χ2v) is 7.72. The fourth-order valence-corrected chi connectivity index (χ4v) is 3.80. The first-order valence-corrected chi connectivity index (χ1v) is 9.72. The highest BCUT2D eigenvalue weighted by molar-refractivity contribution is 7.89. The predicted molar refractivity (Wildman–Crippen MR) is 90.8 cm³/mol. The average molecular weight is 396 g/mol. The Kier molecular flexibility index (Phi) is 8.04. The van der Waals surface area contributed by atoms with Crippen molar-refractivity contribution >= 4 is 15.9 Å². The van der Waals surface area contributed by atoms with Gasteiger partial charge in [0.1, 0.15) is 12.6 Å². The lowest BCUT2D eigenvalue weighted by molar-refractivity contribution is -0.682. The summed E-state index contributed by atoms with van der Waals surface area (Å²) in [5.41, 5.74) is 0.770. The summed E-state index contributed by atoms with van der Waals surface area (Å²) < 4.78 is 62.3. The van der Waals surface area contributed by atoms with E-state index in [1.165, 1.54) is 16.4 Å². The van der Waals surface area contributed by atoms with E-state index in [0.29, 0.717) is 13.1 Å². The van der Waals surface area contributed by atoms with E-state index in [-0.39, 0.29) is 17.5 Å². The van der Waals surface area contributed by atoms with Crippen molar-refractivity contribution in [1.29, 1.82) is 0 Å². The Labute approximate surface area is 151 Å². The number of hydrogen-bond acceptors (Lipinski definition) is 3. The van der Waals surface area contributed by atoms with Gasteiger partial charge in [0.05, 0.1) is 4.90 Å². The number of nitrogens with two attached hydrogens (primary N) is 1. The molecule has 0 aliphatic carbocycles. The topological polar surface area (TPSA) is 83.1 Å². The number of carbonyl (C=O) groups is 1. The van der Waals surface area contributed by atoms with Crippen LogP contribution in [0.15, 0.2) is 29.2 Å². The number of alkyl halides is 3. The number of quaternary nitrogens is 1. The highest BCUT2D eigenvalue weighted by Crippen LogP contribution is 2.18. The SMILES string of the molecule is CCN(CC)S(=O)(=O)c1ccc([C@H](C)[NH2+]CC(=O)NCC(F)(F)F)cc1. The highest BCUT2D eigenvalue weighted by atomic mass is 32.2. The van der Waals surface area contributed by atoms with Crippen molar-refractivity contribution in [3.05, 3.63) is 29.8 Å². The second-order valence-electron chi connectivity index (χ2n) is 5.78. The first kappa shape index (κ1) is 22.4. The van der Waals surface area contributed by atoms with Gasteiger partial charge in [0, 0.05) is 18.7 Å². The fraction of sp³-hybridized carbons (Fsp3) is 0.562. The van der Waals surface area contributed by atoms with Crippen LogP contribution in [0.4, 0.5) is 13.2 Å². The van der Waals surface area contributed by atoms with E-state index >= 15 is 0 Å². The van der Waals surface area contributed by atoms with Crippen LogP contribution in [0.25, 0.3) is 0 Å². The van der Waals surface area contributed by atoms with Crippen molar-refractivity contribution in [3.8, 4) is 0 Å². The molecule has 0 aromatic heterocycles. The number of nitrogens with zero attached hydrogens (tertiary/aromatic N) is 1. The molecule has 0 saturated heterocycles. The summed E-state index contributed by atoms with van der Waals surface area (Å²) >= 11 is 0. The van der Waals surface area contributed by atoms with E-state index in [1.54, 1.807) is 43.5 Å². The zero-order chi connectivity index (χ0) is 20.0. The van der Waals surface area contributed by atoms with Gasteiger partial charge in [-0.1, -0.05) is 26.0 Å². The van der Waals surface area contributed by atoms with E-state index in [0.717, 1.165) is 5.56 Å². The molecule has 10 heteroatoms. The van der Waals surface area contributed by atoms with E-state index in [4.69, 9.17) is 0 Å². The lowest BCUT2D eigenvalue weighted by atomic mass is 10.1. The van der Waals surface area contributed by atoms with Crippen LogP contribution in [0, 0.1) is 0 Å². The largest absolute Gasteiger partial charge is 0.405 e. The van der Waals surface area contributed by atoms with E-state index in [1.807, 2.05) is 0 Å². The van der Waals surface area contributed by atoms with Crippen molar-refractivity contribution in [1.82, 2.24) is 9.62 Å². The summed E-state index contributed by atoms with van der Waals surface area (Å²) in [5.74, 6) is -0.713. The summed E-state index contributed by atoms with van der Waals surface area (Å²) in [6, 6.07) is 6.07. The number of benzene rings is 1. The van der Waals surface area contributed by atoms with Crippen LogP contribution in [0.1, 0.15) is 32.4 Å². The molecule has 0 bridgehead atoms. The minimum atomic E-state index is -4.44. The molecule has 3 N–H and O–H groups in total. The molecule has 26 heavy (non-hydrogen) atoms. The van der Waals surface area contributed by atoms with Gasteiger partial charge in [0.2, 0.25) is 10.0 Å². The molecule has 148 valence electrons. The number of sulfonamides is 1. The number of amides is 1. The van der Waals surface area contributed by atoms with Gasteiger partial charge in [-0.25, -0.2) is 8.42 Å². The van der Waals surface area contributed by atoms with Gasteiger partial charge < -0.3 is 10.6 Å². The summed E-state index contributed by atoms with van der Waals surface area (Å²) in [5, 5.41) is 3.39. The maximum Gasteiger partial charge on any atom is 0.405 e. The van der Waals surface area contributed by atoms with Crippen molar-refractivity contribution in [2.45, 2.75) is 37.9 Å². The van der Waals surface area contributed by atoms with Crippen LogP contribution in [0.5, 0.6) is 0 Å². The van der Waals surface area contributed by atoms with E-state index in [2.05, 4.69) is 0 Å². The highest BCUT2D eigenvalue weighted by Gasteiger charge is 2.28. The normalized spacial score (nSPS) is 13.7. The maximum atomic E-state index is 12.4. The molecule has 1 amide bonds. The Morgan fingerprint density at radius 2 is 1.73 bits per heavy atom. The Hall–Kier alpha value is -1.65. The molecule has 0 aliphatic rings. The number of rotatable bonds is 9. The lowest BCUT2D eigenvalue weighted by Gasteiger charge is -2.19. The summed E-state index contributed by atoms with van der Waals surface area (Å²) in [6.07, 6.45) is -4.44. The number of carbonyl (C=O) groups excluding carboxylic acids is 1. The monoisotopic (exact) mass is 396 g/mol. The van der Waals surface area contributed by atoms with Gasteiger partial charge in [-0.2, -0.15) is 17.5 Å². The second kappa shape index (κ2) is 9.33. The molecule has 0 radical (unpaired) electrons. The van der Waals surface area contributed by atoms with E-state index in [9.17, 15) is 26.4 Å². The van der Waals surface area contributed by atoms with Crippen molar-refractivity contribution in [2.24, 2.45) is 0 Å². The van der Waals surface area contributed by atoms with Crippen LogP contribution < -0.4 is 10.6 Å². The van der Waals surface area contributed by atoms with Gasteiger partial charge >= 0.3 is 6.18 Å². The first-order valence-electron chi connectivity index (χ1n) is 8.28. The maximum absolute atomic E-state index is 12.4. The van der Waals surface area contributed by atoms with E-state index < -0.39 is 28.7 Å². The van der Waals surface area contributed by atoms with Gasteiger partial charge in [-0.3, -0.25) is 4.79 Å². The lowest BCUT2D eigenvalue weighted by Crippen LogP contribution is -2.87. The Bertz CT molecular complexity index is 687. The zero-order valence-corrected chi connectivity index (χ0v) is 15.8. The zero-order valence-electron chi connectivity index (χ0n) is 15.0. The number of hydrogen-bond donors (Lipinski definition) is 2. The third kappa shape index (κ3) is 6.58. The molecule has 1 atom stereocenters. The van der Waals surface area contributed by atoms with Gasteiger partial charge in [0.15, 0.2) is 6.54 Å². The predicted octanol–water partition coefficient (Wildman–Crippen LogP) is 1.02. The molecule has 1 aromatic carbocycles. The first-order chi connectivity index (χ1) is 12.0. The molecule has 1 rings (SSSR count). The Morgan fingerprint density at radius 1 is 1.19 bits per heavy atom. The van der Waals surface area contributed by atoms with Crippen LogP contribution in [0.3, 0.4) is 0 Å². The fourth-order valence-electron chi connectivity index (χ4n) is 2.35. The van der Waals surface area contributed by atoms with Gasteiger partial charge in [-0.05, 0) is 19.1 Å². The summed E-state index contributed by atoms with van der Waals surface area (Å²) in [7, 11) is -3.54. The molecule has 1 aromatic rings. The smallest absolute Gasteiger partial charge is 0.342 e. The molecule has 0 spiro atoms. The molecule has 0 saturated carbocycles. The van der Waals surface area contributed by atoms with Crippen molar-refractivity contribution < 1.29 is 31.7 Å². The Balaban J connectivity index is 2.67. The molecular weight excluding hydrogens is 371 g/mol. The van der Waals surface area contributed by atoms with Crippen molar-refractivity contribution in [3.63, 3.8) is 0 Å². The molecular formula is C16H25F3N3O3S+. The quantitative estimate of drug-likeness (QED) is 0.654. The summed E-state index contributed by atoms with van der Waals surface area (Å²) in [6.45, 7) is 4.54. The summed E-state index contributed by atoms with van der Waals surface area (Å²) in [4.78, 5) is 11.6. The van der Waals surface area contributed by atoms with Gasteiger partial charge in [-0.15, -0.1) is 0 Å². The Morgan fingerprint density at radius 3 is 2.19 bits per heavy atom. The number of nitrogens with one attached hydrogen (secondary N) is 1. The minimum absolute atomic E-state index is 0.156. The standard InChI is InChI=1S/C16H24F3N3O3S/c1-4-22(5-2)26(24,25)14-8-6-13(7-9-14)12(3)20-10-15(23)21-11-16(17,18)19/h6-9,12,20H,4-5,10-11H2,1-3H3,(H,21,23)/p+1/t12-/m0/s1. The molecule has 0 aliphatic heterocycles. The van der Waals surface area contributed by atoms with Crippen molar-refractivity contribution in [2.75, 3.05) is 26.2 Å². The van der Waals surface area contributed by atoms with Crippen LogP contribution in [-0.4, -0.2) is 51.0 Å². The third-order valence-electron chi connectivity index (χ3n) is 3.89. The van der Waals surface area contributed by atoms with Gasteiger partial charge in [0.25, 0.3) is 5.91 Å². The molecule has 0 unspecified atom stereocenters. The minimum Gasteiger partial charge on any atom is -0.342 e. The average Bonchev–Trinajstić information content (AvgIpc) is 2.58. The molecule has 6 nitrogen and oxygen atoms in total. The number of halogens is 3. The van der Waals surface area contributed by atoms with Crippen LogP contribution in [0.2, 0.25) is 0 Å². The van der Waals surface area contributed by atoms with Crippen LogP contribution >= 0.6 is 0 Å². The molecule has 0 heterocycles.